The summed E-state index contributed by atoms with van der Waals surface area (Å²) in [5.74, 6) is -0.862. The van der Waals surface area contributed by atoms with Gasteiger partial charge in [-0.25, -0.2) is 0 Å². The van der Waals surface area contributed by atoms with E-state index in [2.05, 4.69) is 15.5 Å². The van der Waals surface area contributed by atoms with Crippen LogP contribution in [-0.4, -0.2) is 27.2 Å². The highest BCUT2D eigenvalue weighted by Gasteiger charge is 2.12. The largest absolute Gasteiger partial charge is 0.481 e. The molecule has 2 aromatic rings. The van der Waals surface area contributed by atoms with E-state index in [0.29, 0.717) is 17.8 Å². The number of aliphatic carboxylic acids is 1. The molecule has 6 heteroatoms. The molecule has 0 aliphatic heterocycles. The van der Waals surface area contributed by atoms with Crippen LogP contribution in [0.3, 0.4) is 0 Å². The number of aryl methyl sites for hydroxylation is 1. The molecule has 1 aromatic heterocycles. The Balaban J connectivity index is 2.04. The minimum absolute atomic E-state index is 0.0640. The number of amides is 1. The molecule has 0 aliphatic carbocycles. The van der Waals surface area contributed by atoms with Gasteiger partial charge in [-0.1, -0.05) is 26.0 Å². The van der Waals surface area contributed by atoms with E-state index >= 15 is 0 Å². The van der Waals surface area contributed by atoms with Gasteiger partial charge in [-0.2, -0.15) is 5.10 Å². The van der Waals surface area contributed by atoms with Gasteiger partial charge in [0, 0.05) is 17.8 Å². The number of hydrogen-bond acceptors (Lipinski definition) is 3. The summed E-state index contributed by atoms with van der Waals surface area (Å²) in [5.41, 5.74) is 2.73. The van der Waals surface area contributed by atoms with Crippen molar-refractivity contribution in [2.45, 2.75) is 32.6 Å². The van der Waals surface area contributed by atoms with Gasteiger partial charge in [0.25, 0.3) is 5.91 Å². The van der Waals surface area contributed by atoms with Crippen molar-refractivity contribution < 1.29 is 14.7 Å². The van der Waals surface area contributed by atoms with E-state index < -0.39 is 5.97 Å². The summed E-state index contributed by atoms with van der Waals surface area (Å²) >= 11 is 0. The first-order chi connectivity index (χ1) is 10.5. The van der Waals surface area contributed by atoms with Crippen molar-refractivity contribution in [2.75, 3.05) is 5.32 Å². The number of hydrogen-bond donors (Lipinski definition) is 3. The third kappa shape index (κ3) is 4.18. The molecule has 0 unspecified atom stereocenters. The number of aromatic amines is 1. The number of nitrogens with zero attached hydrogens (tertiary/aromatic N) is 1. The van der Waals surface area contributed by atoms with E-state index in [1.54, 1.807) is 24.3 Å². The highest BCUT2D eigenvalue weighted by Crippen LogP contribution is 2.15. The lowest BCUT2D eigenvalue weighted by atomic mass is 10.1. The SMILES string of the molecule is CC(C)c1cc(C(=O)Nc2cccc(CCC(=O)O)c2)n[nH]1. The topological polar surface area (TPSA) is 95.1 Å². The zero-order chi connectivity index (χ0) is 16.1. The van der Waals surface area contributed by atoms with Crippen molar-refractivity contribution in [3.63, 3.8) is 0 Å². The Morgan fingerprint density at radius 2 is 2.09 bits per heavy atom. The fraction of sp³-hybridized carbons (Fsp3) is 0.312. The molecular formula is C16H19N3O3. The summed E-state index contributed by atoms with van der Waals surface area (Å²) in [5, 5.41) is 18.3. The minimum Gasteiger partial charge on any atom is -0.481 e. The molecule has 2 rings (SSSR count). The van der Waals surface area contributed by atoms with Crippen LogP contribution in [0.4, 0.5) is 5.69 Å². The zero-order valence-electron chi connectivity index (χ0n) is 12.6. The molecule has 0 radical (unpaired) electrons. The number of carboxylic acids is 1. The van der Waals surface area contributed by atoms with Gasteiger partial charge in [0.15, 0.2) is 5.69 Å². The van der Waals surface area contributed by atoms with E-state index in [0.717, 1.165) is 11.3 Å². The van der Waals surface area contributed by atoms with Gasteiger partial charge in [-0.05, 0) is 36.1 Å². The molecule has 3 N–H and O–H groups in total. The summed E-state index contributed by atoms with van der Waals surface area (Å²) in [7, 11) is 0. The Morgan fingerprint density at radius 3 is 2.73 bits per heavy atom. The standard InChI is InChI=1S/C16H19N3O3/c1-10(2)13-9-14(19-18-13)16(22)17-12-5-3-4-11(8-12)6-7-15(20)21/h3-5,8-10H,6-7H2,1-2H3,(H,17,22)(H,18,19)(H,20,21). The molecule has 22 heavy (non-hydrogen) atoms. The third-order valence-electron chi connectivity index (χ3n) is 3.26. The van der Waals surface area contributed by atoms with Crippen LogP contribution in [0.25, 0.3) is 0 Å². The summed E-state index contributed by atoms with van der Waals surface area (Å²) in [6, 6.07) is 8.89. The zero-order valence-corrected chi connectivity index (χ0v) is 12.6. The summed E-state index contributed by atoms with van der Waals surface area (Å²) in [4.78, 5) is 22.7. The second-order valence-electron chi connectivity index (χ2n) is 5.41. The minimum atomic E-state index is -0.841. The molecule has 1 heterocycles. The van der Waals surface area contributed by atoms with Crippen LogP contribution in [-0.2, 0) is 11.2 Å². The number of nitrogens with one attached hydrogen (secondary N) is 2. The second kappa shape index (κ2) is 6.89. The van der Waals surface area contributed by atoms with Gasteiger partial charge in [0.2, 0.25) is 0 Å². The average Bonchev–Trinajstić information content (AvgIpc) is 2.95. The third-order valence-corrected chi connectivity index (χ3v) is 3.26. The molecule has 1 amide bonds. The van der Waals surface area contributed by atoms with Crippen LogP contribution in [0.1, 0.15) is 47.9 Å². The first-order valence-corrected chi connectivity index (χ1v) is 7.13. The summed E-state index contributed by atoms with van der Waals surface area (Å²) < 4.78 is 0. The molecule has 0 atom stereocenters. The number of carbonyl (C=O) groups excluding carboxylic acids is 1. The highest BCUT2D eigenvalue weighted by atomic mass is 16.4. The average molecular weight is 301 g/mol. The smallest absolute Gasteiger partial charge is 0.303 e. The fourth-order valence-corrected chi connectivity index (χ4v) is 2.00. The predicted molar refractivity (Wildman–Crippen MR) is 83.0 cm³/mol. The van der Waals surface area contributed by atoms with Gasteiger partial charge in [-0.15, -0.1) is 0 Å². The van der Waals surface area contributed by atoms with Crippen LogP contribution >= 0.6 is 0 Å². The maximum absolute atomic E-state index is 12.1. The quantitative estimate of drug-likeness (QED) is 0.764. The van der Waals surface area contributed by atoms with E-state index in [9.17, 15) is 9.59 Å². The van der Waals surface area contributed by atoms with Crippen LogP contribution in [0.15, 0.2) is 30.3 Å². The lowest BCUT2D eigenvalue weighted by molar-refractivity contribution is -0.136. The van der Waals surface area contributed by atoms with Gasteiger partial charge in [0.05, 0.1) is 0 Å². The molecule has 0 saturated heterocycles. The van der Waals surface area contributed by atoms with Crippen molar-refractivity contribution >= 4 is 17.6 Å². The molecule has 1 aromatic carbocycles. The Labute approximate surface area is 128 Å². The van der Waals surface area contributed by atoms with Crippen molar-refractivity contribution in [1.82, 2.24) is 10.2 Å². The first-order valence-electron chi connectivity index (χ1n) is 7.13. The lowest BCUT2D eigenvalue weighted by Crippen LogP contribution is -2.12. The van der Waals surface area contributed by atoms with Gasteiger partial charge < -0.3 is 10.4 Å². The number of aromatic nitrogens is 2. The molecule has 6 nitrogen and oxygen atoms in total. The van der Waals surface area contributed by atoms with Crippen LogP contribution in [0.5, 0.6) is 0 Å². The van der Waals surface area contributed by atoms with E-state index in [1.165, 1.54) is 0 Å². The van der Waals surface area contributed by atoms with Crippen molar-refractivity contribution in [3.05, 3.63) is 47.3 Å². The number of carboxylic acid groups (broad SMARTS) is 1. The number of H-pyrrole nitrogens is 1. The van der Waals surface area contributed by atoms with E-state index in [-0.39, 0.29) is 18.2 Å². The molecule has 0 bridgehead atoms. The molecule has 0 saturated carbocycles. The van der Waals surface area contributed by atoms with Crippen molar-refractivity contribution in [1.29, 1.82) is 0 Å². The molecule has 0 spiro atoms. The van der Waals surface area contributed by atoms with Gasteiger partial charge in [0.1, 0.15) is 0 Å². The van der Waals surface area contributed by atoms with Crippen LogP contribution < -0.4 is 5.32 Å². The fourth-order valence-electron chi connectivity index (χ4n) is 2.00. The number of anilines is 1. The van der Waals surface area contributed by atoms with E-state index in [1.807, 2.05) is 19.9 Å². The Bertz CT molecular complexity index is 677. The monoisotopic (exact) mass is 301 g/mol. The van der Waals surface area contributed by atoms with Crippen LogP contribution in [0, 0.1) is 0 Å². The Morgan fingerprint density at radius 1 is 1.32 bits per heavy atom. The van der Waals surface area contributed by atoms with Crippen molar-refractivity contribution in [2.24, 2.45) is 0 Å². The Hall–Kier alpha value is -2.63. The first kappa shape index (κ1) is 15.8. The maximum atomic E-state index is 12.1. The lowest BCUT2D eigenvalue weighted by Gasteiger charge is -2.05. The second-order valence-corrected chi connectivity index (χ2v) is 5.41. The molecule has 0 fully saturated rings. The summed E-state index contributed by atoms with van der Waals surface area (Å²) in [6.45, 7) is 4.03. The highest BCUT2D eigenvalue weighted by molar-refractivity contribution is 6.02. The summed E-state index contributed by atoms with van der Waals surface area (Å²) in [6.07, 6.45) is 0.494. The molecule has 0 aliphatic rings. The number of benzene rings is 1. The van der Waals surface area contributed by atoms with Crippen molar-refractivity contribution in [3.8, 4) is 0 Å². The number of rotatable bonds is 6. The maximum Gasteiger partial charge on any atom is 0.303 e. The predicted octanol–water partition coefficient (Wildman–Crippen LogP) is 2.80. The Kier molecular flexibility index (Phi) is 4.93. The van der Waals surface area contributed by atoms with Crippen LogP contribution in [0.2, 0.25) is 0 Å². The molecule has 116 valence electrons. The number of carbonyl (C=O) groups is 2. The van der Waals surface area contributed by atoms with Gasteiger partial charge in [-0.3, -0.25) is 14.7 Å². The normalized spacial score (nSPS) is 10.7. The van der Waals surface area contributed by atoms with E-state index in [4.69, 9.17) is 5.11 Å². The molecular weight excluding hydrogens is 282 g/mol. The van der Waals surface area contributed by atoms with Gasteiger partial charge >= 0.3 is 5.97 Å².